The zero-order valence-electron chi connectivity index (χ0n) is 23.1. The summed E-state index contributed by atoms with van der Waals surface area (Å²) in [6.45, 7) is 3.55. The fourth-order valence-corrected chi connectivity index (χ4v) is 4.58. The van der Waals surface area contributed by atoms with Crippen LogP contribution in [0.4, 0.5) is 11.4 Å². The van der Waals surface area contributed by atoms with E-state index >= 15 is 0 Å². The molecule has 2 amide bonds. The maximum atomic E-state index is 13.8. The van der Waals surface area contributed by atoms with Crippen molar-refractivity contribution in [3.8, 4) is 17.2 Å². The van der Waals surface area contributed by atoms with Gasteiger partial charge >= 0.3 is 0 Å². The molecule has 1 aliphatic rings. The molecule has 0 saturated carbocycles. The van der Waals surface area contributed by atoms with Crippen LogP contribution in [-0.4, -0.2) is 70.0 Å². The second kappa shape index (κ2) is 12.8. The summed E-state index contributed by atoms with van der Waals surface area (Å²) in [5, 5.41) is 2.83. The van der Waals surface area contributed by atoms with Crippen LogP contribution in [-0.2, 0) is 9.59 Å². The van der Waals surface area contributed by atoms with E-state index < -0.39 is 11.8 Å². The summed E-state index contributed by atoms with van der Waals surface area (Å²) in [5.41, 5.74) is 2.67. The van der Waals surface area contributed by atoms with E-state index in [4.69, 9.17) is 14.2 Å². The van der Waals surface area contributed by atoms with Crippen LogP contribution in [0, 0.1) is 0 Å². The Morgan fingerprint density at radius 2 is 1.43 bits per heavy atom. The number of piperazine rings is 1. The second-order valence-corrected chi connectivity index (χ2v) is 9.18. The van der Waals surface area contributed by atoms with Gasteiger partial charge in [-0.15, -0.1) is 0 Å². The van der Waals surface area contributed by atoms with E-state index in [0.717, 1.165) is 5.69 Å². The monoisotopic (exact) mass is 543 g/mol. The fraction of sp³-hybridized carbons (Fsp3) is 0.258. The predicted molar refractivity (Wildman–Crippen MR) is 154 cm³/mol. The third kappa shape index (κ3) is 6.26. The highest BCUT2D eigenvalue weighted by molar-refractivity contribution is 6.25. The van der Waals surface area contributed by atoms with E-state index in [2.05, 4.69) is 10.2 Å². The number of hydrogen-bond acceptors (Lipinski definition) is 7. The molecule has 0 spiro atoms. The molecule has 0 atom stereocenters. The van der Waals surface area contributed by atoms with Crippen LogP contribution in [0.1, 0.15) is 22.8 Å². The molecular weight excluding hydrogens is 510 g/mol. The minimum atomic E-state index is -0.532. The molecule has 0 bridgehead atoms. The number of para-hydroxylation sites is 1. The minimum Gasteiger partial charge on any atom is -0.493 e. The van der Waals surface area contributed by atoms with Gasteiger partial charge in [0.2, 0.25) is 5.75 Å². The lowest BCUT2D eigenvalue weighted by atomic mass is 10.1. The lowest BCUT2D eigenvalue weighted by Gasteiger charge is -2.36. The van der Waals surface area contributed by atoms with Crippen molar-refractivity contribution >= 4 is 35.0 Å². The van der Waals surface area contributed by atoms with Crippen LogP contribution in [0.5, 0.6) is 17.2 Å². The molecule has 1 aliphatic heterocycles. The minimum absolute atomic E-state index is 0.0150. The number of nitrogens with zero attached hydrogens (tertiary/aromatic N) is 2. The predicted octanol–water partition coefficient (Wildman–Crippen LogP) is 4.29. The maximum Gasteiger partial charge on any atom is 0.261 e. The van der Waals surface area contributed by atoms with E-state index in [1.807, 2.05) is 18.2 Å². The molecule has 3 aromatic carbocycles. The molecule has 9 nitrogen and oxygen atoms in total. The van der Waals surface area contributed by atoms with E-state index in [9.17, 15) is 14.4 Å². The number of carbonyl (C=O) groups excluding carboxylic acids is 3. The van der Waals surface area contributed by atoms with Gasteiger partial charge in [0.25, 0.3) is 11.8 Å². The van der Waals surface area contributed by atoms with Gasteiger partial charge in [0.05, 0.1) is 21.3 Å². The number of nitrogens with one attached hydrogen (secondary N) is 1. The molecule has 40 heavy (non-hydrogen) atoms. The quantitative estimate of drug-likeness (QED) is 0.186. The highest BCUT2D eigenvalue weighted by Gasteiger charge is 2.28. The second-order valence-electron chi connectivity index (χ2n) is 9.18. The van der Waals surface area contributed by atoms with Crippen molar-refractivity contribution in [1.82, 2.24) is 4.90 Å². The first-order valence-electron chi connectivity index (χ1n) is 12.9. The summed E-state index contributed by atoms with van der Waals surface area (Å²) < 4.78 is 16.4. The van der Waals surface area contributed by atoms with Gasteiger partial charge in [-0.05, 0) is 61.5 Å². The lowest BCUT2D eigenvalue weighted by Crippen LogP contribution is -2.50. The molecule has 1 heterocycles. The molecule has 1 saturated heterocycles. The summed E-state index contributed by atoms with van der Waals surface area (Å²) >= 11 is 0. The number of rotatable bonds is 9. The highest BCUT2D eigenvalue weighted by Crippen LogP contribution is 2.40. The van der Waals surface area contributed by atoms with E-state index in [-0.39, 0.29) is 11.4 Å². The Bertz CT molecular complexity index is 1390. The van der Waals surface area contributed by atoms with Gasteiger partial charge in [-0.2, -0.15) is 0 Å². The van der Waals surface area contributed by atoms with Gasteiger partial charge in [0.1, 0.15) is 5.57 Å². The number of Topliss-reactive ketones (excluding diaryl/α,β-unsaturated/α-hetero) is 1. The maximum absolute atomic E-state index is 13.8. The van der Waals surface area contributed by atoms with Crippen LogP contribution in [0.3, 0.4) is 0 Å². The largest absolute Gasteiger partial charge is 0.493 e. The third-order valence-electron chi connectivity index (χ3n) is 6.75. The lowest BCUT2D eigenvalue weighted by molar-refractivity contribution is -0.129. The van der Waals surface area contributed by atoms with Gasteiger partial charge in [-0.3, -0.25) is 14.4 Å². The standard InChI is InChI=1S/C31H33N3O6/c1-21(35)22-10-13-25(14-11-22)33-16-18-34(19-17-33)31(37)26(30(36)32-24-8-6-5-7-9-24)20-23-12-15-27(38-2)29(40-4)28(23)39-3/h5-15,20H,16-19H2,1-4H3,(H,32,36)/b26-20+. The number of amides is 2. The number of ether oxygens (including phenoxy) is 3. The average molecular weight is 544 g/mol. The SMILES string of the molecule is COc1ccc(/C=C(\C(=O)Nc2ccccc2)C(=O)N2CCN(c3ccc(C(C)=O)cc3)CC2)c(OC)c1OC. The van der Waals surface area contributed by atoms with Crippen LogP contribution in [0.25, 0.3) is 6.08 Å². The fourth-order valence-electron chi connectivity index (χ4n) is 4.58. The Balaban J connectivity index is 1.61. The zero-order chi connectivity index (χ0) is 28.6. The Hall–Kier alpha value is -4.79. The Morgan fingerprint density at radius 1 is 0.775 bits per heavy atom. The van der Waals surface area contributed by atoms with Crippen molar-refractivity contribution in [2.75, 3.05) is 57.7 Å². The molecule has 3 aromatic rings. The number of anilines is 2. The average Bonchev–Trinajstić information content (AvgIpc) is 2.99. The zero-order valence-corrected chi connectivity index (χ0v) is 23.1. The molecule has 1 N–H and O–H groups in total. The van der Waals surface area contributed by atoms with E-state index in [1.54, 1.807) is 53.4 Å². The third-order valence-corrected chi connectivity index (χ3v) is 6.75. The van der Waals surface area contributed by atoms with Gasteiger partial charge in [0, 0.05) is 48.7 Å². The van der Waals surface area contributed by atoms with Gasteiger partial charge < -0.3 is 29.3 Å². The summed E-state index contributed by atoms with van der Waals surface area (Å²) in [4.78, 5) is 42.7. The molecule has 208 valence electrons. The van der Waals surface area contributed by atoms with Gasteiger partial charge in [0.15, 0.2) is 17.3 Å². The first-order valence-corrected chi connectivity index (χ1v) is 12.9. The van der Waals surface area contributed by atoms with Crippen LogP contribution in [0.2, 0.25) is 0 Å². The molecule has 9 heteroatoms. The van der Waals surface area contributed by atoms with Crippen molar-refractivity contribution in [3.63, 3.8) is 0 Å². The molecular formula is C31H33N3O6. The van der Waals surface area contributed by atoms with Crippen LogP contribution in [0.15, 0.2) is 72.3 Å². The Kier molecular flexibility index (Phi) is 9.06. The molecule has 0 aliphatic carbocycles. The number of ketones is 1. The Labute approximate surface area is 233 Å². The summed E-state index contributed by atoms with van der Waals surface area (Å²) in [5.74, 6) is 0.260. The molecule has 0 unspecified atom stereocenters. The van der Waals surface area contributed by atoms with Crippen LogP contribution >= 0.6 is 0 Å². The van der Waals surface area contributed by atoms with Crippen molar-refractivity contribution in [1.29, 1.82) is 0 Å². The summed E-state index contributed by atoms with van der Waals surface area (Å²) in [6.07, 6.45) is 1.52. The Morgan fingerprint density at radius 3 is 2.00 bits per heavy atom. The van der Waals surface area contributed by atoms with Crippen molar-refractivity contribution in [2.24, 2.45) is 0 Å². The van der Waals surface area contributed by atoms with Crippen LogP contribution < -0.4 is 24.4 Å². The molecule has 0 radical (unpaired) electrons. The summed E-state index contributed by atoms with van der Waals surface area (Å²) in [6, 6.07) is 19.8. The number of methoxy groups -OCH3 is 3. The number of carbonyl (C=O) groups is 3. The van der Waals surface area contributed by atoms with Crippen molar-refractivity contribution in [3.05, 3.63) is 83.4 Å². The van der Waals surface area contributed by atoms with E-state index in [0.29, 0.717) is 60.2 Å². The van der Waals surface area contributed by atoms with Gasteiger partial charge in [-0.1, -0.05) is 18.2 Å². The molecule has 0 aromatic heterocycles. The first-order chi connectivity index (χ1) is 19.4. The van der Waals surface area contributed by atoms with Crippen molar-refractivity contribution in [2.45, 2.75) is 6.92 Å². The normalized spacial score (nSPS) is 13.4. The summed E-state index contributed by atoms with van der Waals surface area (Å²) in [7, 11) is 4.50. The highest BCUT2D eigenvalue weighted by atomic mass is 16.5. The number of benzene rings is 3. The topological polar surface area (TPSA) is 97.4 Å². The molecule has 1 fully saturated rings. The number of hydrogen-bond donors (Lipinski definition) is 1. The molecule has 4 rings (SSSR count). The first kappa shape index (κ1) is 28.2. The van der Waals surface area contributed by atoms with Gasteiger partial charge in [-0.25, -0.2) is 0 Å². The van der Waals surface area contributed by atoms with E-state index in [1.165, 1.54) is 34.3 Å². The van der Waals surface area contributed by atoms with Crippen molar-refractivity contribution < 1.29 is 28.6 Å². The smallest absolute Gasteiger partial charge is 0.261 e.